The third-order valence-corrected chi connectivity index (χ3v) is 5.13. The third-order valence-electron chi connectivity index (χ3n) is 5.13. The van der Waals surface area contributed by atoms with Gasteiger partial charge in [0.25, 0.3) is 0 Å². The summed E-state index contributed by atoms with van der Waals surface area (Å²) >= 11 is 0. The van der Waals surface area contributed by atoms with E-state index in [1.165, 1.54) is 23.3 Å². The first-order chi connectivity index (χ1) is 14.0. The lowest BCUT2D eigenvalue weighted by Crippen LogP contribution is -2.57. The monoisotopic (exact) mass is 396 g/mol. The van der Waals surface area contributed by atoms with Crippen LogP contribution >= 0.6 is 0 Å². The van der Waals surface area contributed by atoms with Crippen LogP contribution in [0.25, 0.3) is 0 Å². The number of nitrogens with one attached hydrogen (secondary N) is 1. The molecule has 0 spiro atoms. The normalized spacial score (nSPS) is 19.6. The van der Waals surface area contributed by atoms with E-state index in [4.69, 9.17) is 10.5 Å². The van der Waals surface area contributed by atoms with Gasteiger partial charge >= 0.3 is 0 Å². The number of aryl methyl sites for hydroxylation is 2. The van der Waals surface area contributed by atoms with Gasteiger partial charge in [-0.3, -0.25) is 4.90 Å². The zero-order valence-corrected chi connectivity index (χ0v) is 16.6. The van der Waals surface area contributed by atoms with Crippen LogP contribution in [-0.4, -0.2) is 49.4 Å². The standard InChI is InChI=1S/C21H25FN6O/c1-14-3-6-17(13-15(14)2)24-20-25-19(23)26-21(27-9-11-29-12-10-27)28(20)18-7-4-16(22)5-8-18/h3-8,13,20,24H,9-12H2,1-2H3,(H2,23,25). The number of guanidine groups is 2. The quantitative estimate of drug-likeness (QED) is 0.834. The van der Waals surface area contributed by atoms with Crippen molar-refractivity contribution in [2.75, 3.05) is 36.5 Å². The fourth-order valence-corrected chi connectivity index (χ4v) is 3.40. The number of nitrogens with zero attached hydrogens (tertiary/aromatic N) is 4. The van der Waals surface area contributed by atoms with Gasteiger partial charge in [-0.15, -0.1) is 0 Å². The van der Waals surface area contributed by atoms with Gasteiger partial charge in [-0.2, -0.15) is 4.99 Å². The lowest BCUT2D eigenvalue weighted by molar-refractivity contribution is 0.0671. The number of benzene rings is 2. The topological polar surface area (TPSA) is 78.5 Å². The van der Waals surface area contributed by atoms with Crippen LogP contribution in [0.2, 0.25) is 0 Å². The Balaban J connectivity index is 1.71. The number of anilines is 2. The first kappa shape index (κ1) is 19.2. The Bertz CT molecular complexity index is 937. The van der Waals surface area contributed by atoms with Crippen molar-refractivity contribution in [1.82, 2.24) is 4.90 Å². The molecular weight excluding hydrogens is 371 g/mol. The molecule has 2 aromatic carbocycles. The molecule has 0 aromatic heterocycles. The van der Waals surface area contributed by atoms with Crippen molar-refractivity contribution in [1.29, 1.82) is 0 Å². The van der Waals surface area contributed by atoms with Crippen molar-refractivity contribution < 1.29 is 9.13 Å². The van der Waals surface area contributed by atoms with E-state index in [0.717, 1.165) is 11.4 Å². The molecule has 0 radical (unpaired) electrons. The maximum atomic E-state index is 13.6. The SMILES string of the molecule is Cc1ccc(NC2N=C(N)N=C(N3CCOCC3)N2c2ccc(F)cc2)cc1C. The number of nitrogens with two attached hydrogens (primary N) is 1. The van der Waals surface area contributed by atoms with Gasteiger partial charge in [0.05, 0.1) is 13.2 Å². The second kappa shape index (κ2) is 8.08. The largest absolute Gasteiger partial charge is 0.378 e. The van der Waals surface area contributed by atoms with Gasteiger partial charge in [-0.25, -0.2) is 9.38 Å². The van der Waals surface area contributed by atoms with Crippen molar-refractivity contribution in [3.05, 3.63) is 59.4 Å². The Hall–Kier alpha value is -3.13. The Kier molecular flexibility index (Phi) is 5.35. The fourth-order valence-electron chi connectivity index (χ4n) is 3.40. The summed E-state index contributed by atoms with van der Waals surface area (Å²) in [6, 6.07) is 12.4. The van der Waals surface area contributed by atoms with Crippen molar-refractivity contribution in [2.45, 2.75) is 20.1 Å². The average molecular weight is 396 g/mol. The Labute approximate surface area is 169 Å². The second-order valence-electron chi connectivity index (χ2n) is 7.16. The van der Waals surface area contributed by atoms with Crippen LogP contribution < -0.4 is 16.0 Å². The highest BCUT2D eigenvalue weighted by Gasteiger charge is 2.32. The molecule has 3 N–H and O–H groups in total. The Morgan fingerprint density at radius 3 is 2.48 bits per heavy atom. The van der Waals surface area contributed by atoms with Crippen LogP contribution in [0.15, 0.2) is 52.4 Å². The first-order valence-corrected chi connectivity index (χ1v) is 9.64. The molecule has 152 valence electrons. The molecule has 2 heterocycles. The van der Waals surface area contributed by atoms with Gasteiger partial charge in [0.15, 0.2) is 0 Å². The molecule has 1 fully saturated rings. The number of rotatable bonds is 3. The van der Waals surface area contributed by atoms with E-state index in [2.05, 4.69) is 46.2 Å². The highest BCUT2D eigenvalue weighted by Crippen LogP contribution is 2.25. The predicted molar refractivity (Wildman–Crippen MR) is 114 cm³/mol. The van der Waals surface area contributed by atoms with Gasteiger partial charge in [0.2, 0.25) is 18.2 Å². The minimum Gasteiger partial charge on any atom is -0.378 e. The summed E-state index contributed by atoms with van der Waals surface area (Å²) in [4.78, 5) is 13.1. The maximum Gasteiger partial charge on any atom is 0.222 e. The molecule has 2 aromatic rings. The highest BCUT2D eigenvalue weighted by atomic mass is 19.1. The molecule has 2 aliphatic rings. The minimum absolute atomic E-state index is 0.200. The van der Waals surface area contributed by atoms with Crippen molar-refractivity contribution in [2.24, 2.45) is 15.7 Å². The van der Waals surface area contributed by atoms with Crippen molar-refractivity contribution >= 4 is 23.3 Å². The van der Waals surface area contributed by atoms with Gasteiger partial charge in [-0.1, -0.05) is 6.07 Å². The molecule has 2 aliphatic heterocycles. The van der Waals surface area contributed by atoms with Gasteiger partial charge in [0.1, 0.15) is 5.82 Å². The summed E-state index contributed by atoms with van der Waals surface area (Å²) in [5.74, 6) is 0.581. The summed E-state index contributed by atoms with van der Waals surface area (Å²) in [5, 5.41) is 3.44. The molecule has 4 rings (SSSR count). The van der Waals surface area contributed by atoms with Crippen LogP contribution in [0.5, 0.6) is 0 Å². The molecule has 1 unspecified atom stereocenters. The predicted octanol–water partition coefficient (Wildman–Crippen LogP) is 2.66. The molecule has 7 nitrogen and oxygen atoms in total. The number of halogens is 1. The number of ether oxygens (including phenoxy) is 1. The first-order valence-electron chi connectivity index (χ1n) is 9.64. The highest BCUT2D eigenvalue weighted by molar-refractivity contribution is 6.06. The molecule has 1 atom stereocenters. The summed E-state index contributed by atoms with van der Waals surface area (Å²) < 4.78 is 19.0. The molecule has 0 amide bonds. The summed E-state index contributed by atoms with van der Waals surface area (Å²) in [6.45, 7) is 6.76. The number of hydrogen-bond acceptors (Lipinski definition) is 7. The zero-order chi connectivity index (χ0) is 20.4. The zero-order valence-electron chi connectivity index (χ0n) is 16.6. The fraction of sp³-hybridized carbons (Fsp3) is 0.333. The molecule has 0 aliphatic carbocycles. The Morgan fingerprint density at radius 1 is 1.07 bits per heavy atom. The summed E-state index contributed by atoms with van der Waals surface area (Å²) in [7, 11) is 0. The number of aliphatic imine (C=N–C) groups is 2. The van der Waals surface area contributed by atoms with Crippen molar-refractivity contribution in [3.63, 3.8) is 0 Å². The molecule has 1 saturated heterocycles. The maximum absolute atomic E-state index is 13.6. The van der Waals surface area contributed by atoms with E-state index in [9.17, 15) is 4.39 Å². The van der Waals surface area contributed by atoms with Crippen LogP contribution in [-0.2, 0) is 4.74 Å². The van der Waals surface area contributed by atoms with Crippen LogP contribution in [0.3, 0.4) is 0 Å². The van der Waals surface area contributed by atoms with Crippen LogP contribution in [0, 0.1) is 19.7 Å². The molecular formula is C21H25FN6O. The summed E-state index contributed by atoms with van der Waals surface area (Å²) in [5.41, 5.74) is 10.2. The molecule has 0 bridgehead atoms. The van der Waals surface area contributed by atoms with Gasteiger partial charge in [-0.05, 0) is 61.4 Å². The number of hydrogen-bond donors (Lipinski definition) is 2. The second-order valence-corrected chi connectivity index (χ2v) is 7.16. The lowest BCUT2D eigenvalue weighted by Gasteiger charge is -2.41. The van der Waals surface area contributed by atoms with Gasteiger partial charge in [0, 0.05) is 24.5 Å². The van der Waals surface area contributed by atoms with Crippen molar-refractivity contribution in [3.8, 4) is 0 Å². The smallest absolute Gasteiger partial charge is 0.222 e. The molecule has 29 heavy (non-hydrogen) atoms. The lowest BCUT2D eigenvalue weighted by atomic mass is 10.1. The van der Waals surface area contributed by atoms with E-state index >= 15 is 0 Å². The molecule has 8 heteroatoms. The van der Waals surface area contributed by atoms with Crippen LogP contribution in [0.1, 0.15) is 11.1 Å². The van der Waals surface area contributed by atoms with E-state index in [-0.39, 0.29) is 11.8 Å². The summed E-state index contributed by atoms with van der Waals surface area (Å²) in [6.07, 6.45) is -0.516. The number of morpholine rings is 1. The minimum atomic E-state index is -0.516. The van der Waals surface area contributed by atoms with Crippen LogP contribution in [0.4, 0.5) is 15.8 Å². The van der Waals surface area contributed by atoms with E-state index in [1.807, 2.05) is 11.0 Å². The third kappa shape index (κ3) is 4.17. The average Bonchev–Trinajstić information content (AvgIpc) is 2.72. The van der Waals surface area contributed by atoms with E-state index < -0.39 is 6.29 Å². The van der Waals surface area contributed by atoms with E-state index in [0.29, 0.717) is 32.3 Å². The molecule has 0 saturated carbocycles. The Morgan fingerprint density at radius 2 is 1.79 bits per heavy atom. The van der Waals surface area contributed by atoms with Gasteiger partial charge < -0.3 is 20.7 Å². The van der Waals surface area contributed by atoms with E-state index in [1.54, 1.807) is 12.1 Å².